The van der Waals surface area contributed by atoms with Crippen molar-refractivity contribution in [2.75, 3.05) is 10.6 Å². The summed E-state index contributed by atoms with van der Waals surface area (Å²) in [6, 6.07) is 17.8. The van der Waals surface area contributed by atoms with Gasteiger partial charge < -0.3 is 10.6 Å². The van der Waals surface area contributed by atoms with Crippen LogP contribution in [0.4, 0.5) is 17.1 Å². The number of carbonyl (C=O) groups is 1. The Morgan fingerprint density at radius 3 is 2.68 bits per heavy atom. The lowest BCUT2D eigenvalue weighted by atomic mass is 10.2. The van der Waals surface area contributed by atoms with Crippen LogP contribution in [-0.4, -0.2) is 10.9 Å². The van der Waals surface area contributed by atoms with Crippen LogP contribution < -0.4 is 10.6 Å². The lowest BCUT2D eigenvalue weighted by molar-refractivity contribution is 0.102. The highest BCUT2D eigenvalue weighted by molar-refractivity contribution is 6.31. The molecule has 0 unspecified atom stereocenters. The molecule has 1 aromatic heterocycles. The van der Waals surface area contributed by atoms with Gasteiger partial charge in [-0.1, -0.05) is 29.8 Å². The third-order valence-corrected chi connectivity index (χ3v) is 3.64. The zero-order valence-electron chi connectivity index (χ0n) is 13.0. The largest absolute Gasteiger partial charge is 0.353 e. The summed E-state index contributed by atoms with van der Waals surface area (Å²) in [6.07, 6.45) is 3.06. The van der Waals surface area contributed by atoms with Gasteiger partial charge >= 0.3 is 0 Å². The van der Waals surface area contributed by atoms with Crippen molar-refractivity contribution in [3.63, 3.8) is 0 Å². The van der Waals surface area contributed by atoms with Crippen molar-refractivity contribution in [3.05, 3.63) is 83.1 Å². The molecule has 0 spiro atoms. The van der Waals surface area contributed by atoms with E-state index in [1.54, 1.807) is 54.7 Å². The fraction of sp³-hybridized carbons (Fsp3) is 0. The fourth-order valence-electron chi connectivity index (χ4n) is 2.25. The van der Waals surface area contributed by atoms with Crippen molar-refractivity contribution in [3.8, 4) is 6.07 Å². The van der Waals surface area contributed by atoms with E-state index in [-0.39, 0.29) is 5.91 Å². The number of benzene rings is 2. The van der Waals surface area contributed by atoms with Crippen molar-refractivity contribution < 1.29 is 4.79 Å². The number of nitriles is 1. The highest BCUT2D eigenvalue weighted by Gasteiger charge is 2.09. The minimum absolute atomic E-state index is 0.299. The fourth-order valence-corrected chi connectivity index (χ4v) is 2.44. The molecule has 0 bridgehead atoms. The number of carbonyl (C=O) groups excluding carboxylic acids is 1. The summed E-state index contributed by atoms with van der Waals surface area (Å²) in [6.45, 7) is 0. The van der Waals surface area contributed by atoms with E-state index in [1.165, 1.54) is 6.20 Å². The second kappa shape index (κ2) is 7.47. The first-order chi connectivity index (χ1) is 12.2. The Balaban J connectivity index is 1.79. The molecule has 1 heterocycles. The van der Waals surface area contributed by atoms with Gasteiger partial charge in [0, 0.05) is 16.9 Å². The minimum Gasteiger partial charge on any atom is -0.353 e. The van der Waals surface area contributed by atoms with E-state index in [0.29, 0.717) is 33.2 Å². The lowest BCUT2D eigenvalue weighted by Gasteiger charge is -2.10. The van der Waals surface area contributed by atoms with Crippen LogP contribution in [0.1, 0.15) is 15.9 Å². The van der Waals surface area contributed by atoms with Crippen molar-refractivity contribution in [1.29, 1.82) is 5.26 Å². The Kier molecular flexibility index (Phi) is 4.93. The summed E-state index contributed by atoms with van der Waals surface area (Å²) in [5.41, 5.74) is 2.77. The first-order valence-corrected chi connectivity index (χ1v) is 7.81. The molecule has 0 aliphatic rings. The maximum atomic E-state index is 12.4. The SMILES string of the molecule is N#Cc1ccccc1Nc1cncc(C(=O)Nc2cccc(Cl)c2)c1. The molecule has 0 atom stereocenters. The number of hydrogen-bond donors (Lipinski definition) is 2. The average Bonchev–Trinajstić information content (AvgIpc) is 2.62. The van der Waals surface area contributed by atoms with E-state index in [9.17, 15) is 4.79 Å². The molecule has 6 heteroatoms. The molecular weight excluding hydrogens is 336 g/mol. The average molecular weight is 349 g/mol. The molecule has 2 aromatic carbocycles. The number of anilines is 3. The topological polar surface area (TPSA) is 77.8 Å². The van der Waals surface area contributed by atoms with Crippen molar-refractivity contribution in [1.82, 2.24) is 4.98 Å². The molecule has 122 valence electrons. The van der Waals surface area contributed by atoms with Gasteiger partial charge in [0.15, 0.2) is 0 Å². The molecule has 1 amide bonds. The number of amides is 1. The van der Waals surface area contributed by atoms with Crippen LogP contribution in [0.25, 0.3) is 0 Å². The van der Waals surface area contributed by atoms with Gasteiger partial charge in [0.25, 0.3) is 5.91 Å². The number of rotatable bonds is 4. The van der Waals surface area contributed by atoms with Gasteiger partial charge in [-0.05, 0) is 36.4 Å². The highest BCUT2D eigenvalue weighted by Crippen LogP contribution is 2.21. The predicted octanol–water partition coefficient (Wildman–Crippen LogP) is 4.60. The van der Waals surface area contributed by atoms with Gasteiger partial charge in [0.05, 0.1) is 28.7 Å². The number of pyridine rings is 1. The van der Waals surface area contributed by atoms with E-state index in [4.69, 9.17) is 16.9 Å². The quantitative estimate of drug-likeness (QED) is 0.722. The molecule has 25 heavy (non-hydrogen) atoms. The zero-order chi connectivity index (χ0) is 17.6. The van der Waals surface area contributed by atoms with E-state index in [1.807, 2.05) is 6.07 Å². The predicted molar refractivity (Wildman–Crippen MR) is 98.1 cm³/mol. The summed E-state index contributed by atoms with van der Waals surface area (Å²) in [5, 5.41) is 15.6. The molecule has 0 aliphatic heterocycles. The van der Waals surface area contributed by atoms with Gasteiger partial charge in [-0.25, -0.2) is 0 Å². The molecule has 0 saturated carbocycles. The molecule has 0 fully saturated rings. The van der Waals surface area contributed by atoms with Crippen molar-refractivity contribution in [2.45, 2.75) is 0 Å². The van der Waals surface area contributed by atoms with Crippen molar-refractivity contribution in [2.24, 2.45) is 0 Å². The van der Waals surface area contributed by atoms with E-state index in [0.717, 1.165) is 0 Å². The zero-order valence-corrected chi connectivity index (χ0v) is 13.8. The standard InChI is InChI=1S/C19H13ClN4O/c20-15-5-3-6-16(9-15)24-19(25)14-8-17(12-22-11-14)23-18-7-2-1-4-13(18)10-21/h1-9,11-12,23H,(H,24,25). The van der Waals surface area contributed by atoms with E-state index >= 15 is 0 Å². The molecule has 3 rings (SSSR count). The Hall–Kier alpha value is -3.36. The van der Waals surface area contributed by atoms with Gasteiger partial charge in [0.1, 0.15) is 6.07 Å². The minimum atomic E-state index is -0.299. The number of para-hydroxylation sites is 1. The number of halogens is 1. The maximum absolute atomic E-state index is 12.4. The Morgan fingerprint density at radius 1 is 1.04 bits per heavy atom. The van der Waals surface area contributed by atoms with Gasteiger partial charge in [-0.2, -0.15) is 5.26 Å². The molecule has 3 aromatic rings. The van der Waals surface area contributed by atoms with E-state index in [2.05, 4.69) is 21.7 Å². The number of nitrogens with zero attached hydrogens (tertiary/aromatic N) is 2. The molecular formula is C19H13ClN4O. The number of hydrogen-bond acceptors (Lipinski definition) is 4. The second-order valence-corrected chi connectivity index (χ2v) is 5.65. The van der Waals surface area contributed by atoms with Crippen LogP contribution in [-0.2, 0) is 0 Å². The van der Waals surface area contributed by atoms with Gasteiger partial charge in [0.2, 0.25) is 0 Å². The lowest BCUT2D eigenvalue weighted by Crippen LogP contribution is -2.12. The Morgan fingerprint density at radius 2 is 1.88 bits per heavy atom. The first-order valence-electron chi connectivity index (χ1n) is 7.44. The molecule has 0 radical (unpaired) electrons. The van der Waals surface area contributed by atoms with Crippen LogP contribution in [0.3, 0.4) is 0 Å². The third kappa shape index (κ3) is 4.14. The summed E-state index contributed by atoms with van der Waals surface area (Å²) < 4.78 is 0. The monoisotopic (exact) mass is 348 g/mol. The maximum Gasteiger partial charge on any atom is 0.257 e. The summed E-state index contributed by atoms with van der Waals surface area (Å²) in [7, 11) is 0. The van der Waals surface area contributed by atoms with Gasteiger partial charge in [-0.15, -0.1) is 0 Å². The van der Waals surface area contributed by atoms with Crippen LogP contribution in [0, 0.1) is 11.3 Å². The summed E-state index contributed by atoms with van der Waals surface area (Å²) >= 11 is 5.92. The molecule has 0 aliphatic carbocycles. The number of nitrogens with one attached hydrogen (secondary N) is 2. The number of aromatic nitrogens is 1. The van der Waals surface area contributed by atoms with Crippen LogP contribution in [0.5, 0.6) is 0 Å². The van der Waals surface area contributed by atoms with Crippen molar-refractivity contribution >= 4 is 34.6 Å². The highest BCUT2D eigenvalue weighted by atomic mass is 35.5. The van der Waals surface area contributed by atoms with E-state index < -0.39 is 0 Å². The molecule has 5 nitrogen and oxygen atoms in total. The smallest absolute Gasteiger partial charge is 0.257 e. The Bertz CT molecular complexity index is 965. The summed E-state index contributed by atoms with van der Waals surface area (Å²) in [5.74, 6) is -0.299. The molecule has 2 N–H and O–H groups in total. The van der Waals surface area contributed by atoms with Gasteiger partial charge in [-0.3, -0.25) is 9.78 Å². The van der Waals surface area contributed by atoms with Crippen LogP contribution in [0.2, 0.25) is 5.02 Å². The van der Waals surface area contributed by atoms with Crippen LogP contribution >= 0.6 is 11.6 Å². The second-order valence-electron chi connectivity index (χ2n) is 5.21. The molecule has 0 saturated heterocycles. The first kappa shape index (κ1) is 16.5. The Labute approximate surface area is 149 Å². The van der Waals surface area contributed by atoms with Crippen LogP contribution in [0.15, 0.2) is 67.0 Å². The normalized spacial score (nSPS) is 9.92. The summed E-state index contributed by atoms with van der Waals surface area (Å²) in [4.78, 5) is 16.5. The third-order valence-electron chi connectivity index (χ3n) is 3.41.